The molecule has 0 aromatic carbocycles. The van der Waals surface area contributed by atoms with E-state index in [1.165, 1.54) is 12.3 Å². The van der Waals surface area contributed by atoms with Gasteiger partial charge in [-0.25, -0.2) is 18.1 Å². The second-order valence-electron chi connectivity index (χ2n) is 4.81. The fourth-order valence-electron chi connectivity index (χ4n) is 1.83. The number of nitrogens with one attached hydrogen (secondary N) is 1. The Morgan fingerprint density at radius 2 is 2.15 bits per heavy atom. The van der Waals surface area contributed by atoms with Crippen molar-refractivity contribution in [3.8, 4) is 0 Å². The van der Waals surface area contributed by atoms with Crippen LogP contribution in [0.25, 0.3) is 0 Å². The Hall–Kier alpha value is -0.850. The van der Waals surface area contributed by atoms with Crippen LogP contribution in [-0.2, 0) is 10.0 Å². The van der Waals surface area contributed by atoms with Gasteiger partial charge in [-0.15, -0.1) is 0 Å². The van der Waals surface area contributed by atoms with Crippen LogP contribution in [0.3, 0.4) is 0 Å². The lowest BCUT2D eigenvalue weighted by Gasteiger charge is -2.15. The lowest BCUT2D eigenvalue weighted by molar-refractivity contribution is 0.443. The summed E-state index contributed by atoms with van der Waals surface area (Å²) >= 11 is 5.80. The van der Waals surface area contributed by atoms with E-state index in [1.54, 1.807) is 0 Å². The van der Waals surface area contributed by atoms with E-state index in [-0.39, 0.29) is 15.7 Å². The Balaban J connectivity index is 2.71. The quantitative estimate of drug-likeness (QED) is 0.771. The highest BCUT2D eigenvalue weighted by Crippen LogP contribution is 2.20. The minimum atomic E-state index is -3.58. The smallest absolute Gasteiger partial charge is 0.242 e. The molecule has 0 bridgehead atoms. The first kappa shape index (κ1) is 17.2. The Morgan fingerprint density at radius 3 is 2.70 bits per heavy atom. The predicted molar refractivity (Wildman–Crippen MR) is 82.2 cm³/mol. The Bertz CT molecular complexity index is 534. The molecule has 1 aromatic rings. The second-order valence-corrected chi connectivity index (χ2v) is 6.98. The summed E-state index contributed by atoms with van der Waals surface area (Å²) < 4.78 is 26.9. The summed E-state index contributed by atoms with van der Waals surface area (Å²) in [7, 11) is -3.58. The van der Waals surface area contributed by atoms with Crippen LogP contribution in [0.2, 0.25) is 5.02 Å². The van der Waals surface area contributed by atoms with Crippen LogP contribution in [-0.4, -0.2) is 19.9 Å². The zero-order valence-corrected chi connectivity index (χ0v) is 13.5. The number of halogens is 1. The van der Waals surface area contributed by atoms with E-state index in [0.29, 0.717) is 12.5 Å². The molecule has 5 nitrogen and oxygen atoms in total. The number of sulfonamides is 1. The average molecular weight is 320 g/mol. The van der Waals surface area contributed by atoms with Crippen LogP contribution in [0.1, 0.15) is 39.5 Å². The maximum atomic E-state index is 12.1. The van der Waals surface area contributed by atoms with Crippen molar-refractivity contribution < 1.29 is 8.42 Å². The molecule has 114 valence electrons. The number of hydrogen-bond donors (Lipinski definition) is 2. The van der Waals surface area contributed by atoms with Gasteiger partial charge in [0.05, 0.1) is 5.02 Å². The molecular weight excluding hydrogens is 298 g/mol. The molecule has 0 saturated carbocycles. The van der Waals surface area contributed by atoms with E-state index < -0.39 is 10.0 Å². The van der Waals surface area contributed by atoms with Crippen molar-refractivity contribution in [1.82, 2.24) is 9.71 Å². The monoisotopic (exact) mass is 319 g/mol. The van der Waals surface area contributed by atoms with Gasteiger partial charge in [-0.05, 0) is 18.4 Å². The number of nitrogen functional groups attached to an aromatic ring is 1. The van der Waals surface area contributed by atoms with Crippen molar-refractivity contribution >= 4 is 27.4 Å². The molecule has 0 aliphatic heterocycles. The summed E-state index contributed by atoms with van der Waals surface area (Å²) in [5, 5.41) is 0.144. The van der Waals surface area contributed by atoms with Gasteiger partial charge in [-0.3, -0.25) is 0 Å². The molecule has 1 rings (SSSR count). The van der Waals surface area contributed by atoms with Gasteiger partial charge < -0.3 is 5.73 Å². The van der Waals surface area contributed by atoms with Crippen molar-refractivity contribution in [2.45, 2.75) is 44.4 Å². The Labute approximate surface area is 126 Å². The van der Waals surface area contributed by atoms with Gasteiger partial charge in [0.25, 0.3) is 0 Å². The molecule has 1 atom stereocenters. The summed E-state index contributed by atoms with van der Waals surface area (Å²) in [5.41, 5.74) is 5.47. The lowest BCUT2D eigenvalue weighted by Crippen LogP contribution is -2.29. The largest absolute Gasteiger partial charge is 0.382 e. The fraction of sp³-hybridized carbons (Fsp3) is 0.615. The first-order valence-corrected chi connectivity index (χ1v) is 8.67. The number of aromatic nitrogens is 1. The van der Waals surface area contributed by atoms with E-state index >= 15 is 0 Å². The molecule has 0 radical (unpaired) electrons. The van der Waals surface area contributed by atoms with Gasteiger partial charge >= 0.3 is 0 Å². The molecule has 0 aliphatic rings. The minimum absolute atomic E-state index is 0.0436. The lowest BCUT2D eigenvalue weighted by atomic mass is 10.00. The molecule has 1 aromatic heterocycles. The minimum Gasteiger partial charge on any atom is -0.382 e. The summed E-state index contributed by atoms with van der Waals surface area (Å²) in [6.07, 6.45) is 5.41. The standard InChI is InChI=1S/C13H22ClN3O2S/c1-3-5-6-10(4-2)8-17-20(18,19)11-7-12(14)13(15)16-9-11/h7,9-10,17H,3-6,8H2,1-2H3,(H2,15,16). The molecule has 0 saturated heterocycles. The van der Waals surface area contributed by atoms with E-state index in [1.807, 2.05) is 0 Å². The van der Waals surface area contributed by atoms with Crippen LogP contribution in [0.5, 0.6) is 0 Å². The molecule has 0 aliphatic carbocycles. The molecule has 3 N–H and O–H groups in total. The summed E-state index contributed by atoms with van der Waals surface area (Å²) in [4.78, 5) is 3.81. The third kappa shape index (κ3) is 4.92. The highest BCUT2D eigenvalue weighted by molar-refractivity contribution is 7.89. The van der Waals surface area contributed by atoms with E-state index in [0.717, 1.165) is 25.7 Å². The first-order valence-electron chi connectivity index (χ1n) is 6.81. The maximum absolute atomic E-state index is 12.1. The summed E-state index contributed by atoms with van der Waals surface area (Å²) in [6, 6.07) is 1.32. The fourth-order valence-corrected chi connectivity index (χ4v) is 3.15. The maximum Gasteiger partial charge on any atom is 0.242 e. The number of unbranched alkanes of at least 4 members (excludes halogenated alkanes) is 1. The molecule has 0 amide bonds. The number of nitrogens with two attached hydrogens (primary N) is 1. The molecular formula is C13H22ClN3O2S. The number of rotatable bonds is 8. The van der Waals surface area contributed by atoms with Crippen LogP contribution < -0.4 is 10.5 Å². The Kier molecular flexibility index (Phi) is 6.71. The van der Waals surface area contributed by atoms with Crippen molar-refractivity contribution in [2.24, 2.45) is 5.92 Å². The summed E-state index contributed by atoms with van der Waals surface area (Å²) in [6.45, 7) is 4.62. The highest BCUT2D eigenvalue weighted by atomic mass is 35.5. The Morgan fingerprint density at radius 1 is 1.45 bits per heavy atom. The van der Waals surface area contributed by atoms with E-state index in [2.05, 4.69) is 23.6 Å². The number of pyridine rings is 1. The van der Waals surface area contributed by atoms with Crippen LogP contribution in [0.15, 0.2) is 17.2 Å². The highest BCUT2D eigenvalue weighted by Gasteiger charge is 2.17. The van der Waals surface area contributed by atoms with Crippen LogP contribution in [0.4, 0.5) is 5.82 Å². The van der Waals surface area contributed by atoms with E-state index in [4.69, 9.17) is 17.3 Å². The zero-order chi connectivity index (χ0) is 15.2. The summed E-state index contributed by atoms with van der Waals surface area (Å²) in [5.74, 6) is 0.474. The SMILES string of the molecule is CCCCC(CC)CNS(=O)(=O)c1cnc(N)c(Cl)c1. The second kappa shape index (κ2) is 7.81. The molecule has 0 fully saturated rings. The first-order chi connectivity index (χ1) is 9.40. The zero-order valence-electron chi connectivity index (χ0n) is 11.9. The third-order valence-corrected chi connectivity index (χ3v) is 4.95. The topological polar surface area (TPSA) is 85.1 Å². The van der Waals surface area contributed by atoms with Gasteiger partial charge in [0.1, 0.15) is 10.7 Å². The predicted octanol–water partition coefficient (Wildman–Crippen LogP) is 2.81. The normalized spacial score (nSPS) is 13.3. The van der Waals surface area contributed by atoms with Crippen molar-refractivity contribution in [2.75, 3.05) is 12.3 Å². The molecule has 1 heterocycles. The van der Waals surface area contributed by atoms with E-state index in [9.17, 15) is 8.42 Å². The van der Waals surface area contributed by atoms with Crippen molar-refractivity contribution in [3.05, 3.63) is 17.3 Å². The number of nitrogens with zero attached hydrogens (tertiary/aromatic N) is 1. The molecule has 0 spiro atoms. The van der Waals surface area contributed by atoms with Gasteiger partial charge in [-0.1, -0.05) is 44.7 Å². The number of hydrogen-bond acceptors (Lipinski definition) is 4. The van der Waals surface area contributed by atoms with Gasteiger partial charge in [0.2, 0.25) is 10.0 Å². The van der Waals surface area contributed by atoms with Gasteiger partial charge in [-0.2, -0.15) is 0 Å². The number of anilines is 1. The molecule has 20 heavy (non-hydrogen) atoms. The average Bonchev–Trinajstić information content (AvgIpc) is 2.42. The van der Waals surface area contributed by atoms with Crippen molar-refractivity contribution in [1.29, 1.82) is 0 Å². The third-order valence-electron chi connectivity index (χ3n) is 3.26. The molecule has 1 unspecified atom stereocenters. The van der Waals surface area contributed by atoms with Crippen LogP contribution in [0, 0.1) is 5.92 Å². The van der Waals surface area contributed by atoms with Gasteiger partial charge in [0, 0.05) is 12.7 Å². The van der Waals surface area contributed by atoms with Crippen LogP contribution >= 0.6 is 11.6 Å². The van der Waals surface area contributed by atoms with Crippen molar-refractivity contribution in [3.63, 3.8) is 0 Å². The molecule has 7 heteroatoms. The van der Waals surface area contributed by atoms with Gasteiger partial charge in [0.15, 0.2) is 0 Å².